The highest BCUT2D eigenvalue weighted by Gasteiger charge is 2.57. The molecule has 0 atom stereocenters. The summed E-state index contributed by atoms with van der Waals surface area (Å²) in [5, 5.41) is 9.19. The number of piperidine rings is 1. The largest absolute Gasteiger partial charge is 0.374 e. The molecule has 3 amide bonds. The number of nitrogens with two attached hydrogens (primary N) is 1. The lowest BCUT2D eigenvalue weighted by Gasteiger charge is -2.42. The normalized spacial score (nSPS) is 19.5. The van der Waals surface area contributed by atoms with E-state index >= 15 is 0 Å². The Labute approximate surface area is 164 Å². The maximum absolute atomic E-state index is 13.3. The molecule has 0 aromatic carbocycles. The Morgan fingerprint density at radius 3 is 2.44 bits per heavy atom. The molecule has 3 heterocycles. The third-order valence-corrected chi connectivity index (χ3v) is 5.96. The summed E-state index contributed by atoms with van der Waals surface area (Å²) in [5.74, 6) is 0.227. The number of hydrogen-bond acceptors (Lipinski definition) is 7. The monoisotopic (exact) mass is 392 g/mol. The van der Waals surface area contributed by atoms with E-state index in [0.29, 0.717) is 50.1 Å². The molecule has 0 saturated carbocycles. The Hall–Kier alpha value is -2.16. The number of amides is 3. The van der Waals surface area contributed by atoms with Gasteiger partial charge in [-0.15, -0.1) is 10.2 Å². The summed E-state index contributed by atoms with van der Waals surface area (Å²) < 4.78 is 0. The van der Waals surface area contributed by atoms with Gasteiger partial charge in [0.1, 0.15) is 5.54 Å². The number of hydrogen-bond donors (Lipinski definition) is 1. The Bertz CT molecular complexity index is 747. The second-order valence-electron chi connectivity index (χ2n) is 7.93. The predicted octanol–water partition coefficient (Wildman–Crippen LogP) is 2.35. The molecule has 1 aromatic rings. The summed E-state index contributed by atoms with van der Waals surface area (Å²) in [7, 11) is 0. The maximum Gasteiger partial charge on any atom is 0.327 e. The molecule has 2 N–H and O–H groups in total. The van der Waals surface area contributed by atoms with Gasteiger partial charge in [0.15, 0.2) is 0 Å². The minimum absolute atomic E-state index is 0.0675. The molecule has 27 heavy (non-hydrogen) atoms. The van der Waals surface area contributed by atoms with Crippen LogP contribution in [0.1, 0.15) is 40.5 Å². The van der Waals surface area contributed by atoms with E-state index < -0.39 is 5.54 Å². The molecule has 2 fully saturated rings. The number of urea groups is 1. The SMILES string of the molecule is CC(C)=CCN1C(=O)N(CC(C)C)C2(CCN(c3nnc(N)s3)CC2)C1=O. The minimum atomic E-state index is -0.746. The summed E-state index contributed by atoms with van der Waals surface area (Å²) in [6.07, 6.45) is 3.12. The molecule has 2 aliphatic heterocycles. The molecular weight excluding hydrogens is 364 g/mol. The number of carbonyl (C=O) groups excluding carboxylic acids is 2. The number of nitrogen functional groups attached to an aromatic ring is 1. The Morgan fingerprint density at radius 2 is 1.93 bits per heavy atom. The number of imide groups is 1. The van der Waals surface area contributed by atoms with Gasteiger partial charge in [0, 0.05) is 26.2 Å². The van der Waals surface area contributed by atoms with E-state index in [1.54, 1.807) is 0 Å². The van der Waals surface area contributed by atoms with Crippen molar-refractivity contribution >= 4 is 33.5 Å². The van der Waals surface area contributed by atoms with E-state index in [4.69, 9.17) is 5.73 Å². The number of anilines is 2. The molecule has 0 radical (unpaired) electrons. The van der Waals surface area contributed by atoms with Gasteiger partial charge in [0.25, 0.3) is 5.91 Å². The van der Waals surface area contributed by atoms with Gasteiger partial charge in [0.05, 0.1) is 0 Å². The van der Waals surface area contributed by atoms with E-state index in [2.05, 4.69) is 28.9 Å². The van der Waals surface area contributed by atoms with Crippen molar-refractivity contribution in [1.29, 1.82) is 0 Å². The maximum atomic E-state index is 13.3. The van der Waals surface area contributed by atoms with Crippen molar-refractivity contribution in [3.8, 4) is 0 Å². The molecule has 9 heteroatoms. The van der Waals surface area contributed by atoms with Crippen LogP contribution in [0.15, 0.2) is 11.6 Å². The van der Waals surface area contributed by atoms with Crippen LogP contribution in [-0.2, 0) is 4.79 Å². The van der Waals surface area contributed by atoms with E-state index in [-0.39, 0.29) is 11.9 Å². The van der Waals surface area contributed by atoms with Crippen molar-refractivity contribution in [3.05, 3.63) is 11.6 Å². The van der Waals surface area contributed by atoms with Crippen LogP contribution in [0.4, 0.5) is 15.1 Å². The summed E-state index contributed by atoms with van der Waals surface area (Å²) in [6.45, 7) is 10.3. The molecule has 1 spiro atoms. The molecule has 2 aliphatic rings. The number of aromatic nitrogens is 2. The van der Waals surface area contributed by atoms with Gasteiger partial charge in [-0.25, -0.2) is 4.79 Å². The van der Waals surface area contributed by atoms with Crippen molar-refractivity contribution in [2.45, 2.75) is 46.1 Å². The van der Waals surface area contributed by atoms with E-state index in [1.807, 2.05) is 24.8 Å². The van der Waals surface area contributed by atoms with Crippen LogP contribution < -0.4 is 10.6 Å². The molecule has 1 aromatic heterocycles. The van der Waals surface area contributed by atoms with Crippen LogP contribution in [0, 0.1) is 5.92 Å². The van der Waals surface area contributed by atoms with E-state index in [0.717, 1.165) is 10.7 Å². The fraction of sp³-hybridized carbons (Fsp3) is 0.667. The molecule has 2 saturated heterocycles. The lowest BCUT2D eigenvalue weighted by atomic mass is 9.85. The highest BCUT2D eigenvalue weighted by atomic mass is 32.1. The van der Waals surface area contributed by atoms with Gasteiger partial charge in [-0.3, -0.25) is 9.69 Å². The molecular formula is C18H28N6O2S. The van der Waals surface area contributed by atoms with Gasteiger partial charge in [0.2, 0.25) is 10.3 Å². The van der Waals surface area contributed by atoms with Gasteiger partial charge in [-0.2, -0.15) is 0 Å². The lowest BCUT2D eigenvalue weighted by Crippen LogP contribution is -2.57. The summed E-state index contributed by atoms with van der Waals surface area (Å²) in [6, 6.07) is -0.167. The minimum Gasteiger partial charge on any atom is -0.374 e. The van der Waals surface area contributed by atoms with Crippen LogP contribution >= 0.6 is 11.3 Å². The smallest absolute Gasteiger partial charge is 0.327 e. The fourth-order valence-corrected chi connectivity index (χ4v) is 4.40. The third kappa shape index (κ3) is 3.65. The van der Waals surface area contributed by atoms with Crippen molar-refractivity contribution in [2.75, 3.05) is 36.8 Å². The van der Waals surface area contributed by atoms with E-state index in [9.17, 15) is 9.59 Å². The number of carbonyl (C=O) groups is 2. The second-order valence-corrected chi connectivity index (χ2v) is 8.91. The van der Waals surface area contributed by atoms with Crippen molar-refractivity contribution in [3.63, 3.8) is 0 Å². The van der Waals surface area contributed by atoms with E-state index in [1.165, 1.54) is 16.2 Å². The fourth-order valence-electron chi connectivity index (χ4n) is 3.74. The first-order valence-corrected chi connectivity index (χ1v) is 10.2. The standard InChI is InChI=1S/C18H28N6O2S/c1-12(2)5-8-23-14(25)18(24(17(23)26)11-13(3)4)6-9-22(10-7-18)16-21-20-15(19)27-16/h5,13H,6-11H2,1-4H3,(H2,19,20). The molecule has 8 nitrogen and oxygen atoms in total. The zero-order valence-corrected chi connectivity index (χ0v) is 17.3. The molecule has 0 unspecified atom stereocenters. The third-order valence-electron chi connectivity index (χ3n) is 5.14. The first-order valence-electron chi connectivity index (χ1n) is 9.35. The van der Waals surface area contributed by atoms with Gasteiger partial charge >= 0.3 is 6.03 Å². The highest BCUT2D eigenvalue weighted by Crippen LogP contribution is 2.39. The average molecular weight is 393 g/mol. The van der Waals surface area contributed by atoms with Crippen LogP contribution in [0.5, 0.6) is 0 Å². The topological polar surface area (TPSA) is 95.7 Å². The predicted molar refractivity (Wildman–Crippen MR) is 107 cm³/mol. The van der Waals surface area contributed by atoms with Crippen LogP contribution in [0.3, 0.4) is 0 Å². The first-order chi connectivity index (χ1) is 12.7. The van der Waals surface area contributed by atoms with Crippen molar-refractivity contribution in [2.24, 2.45) is 5.92 Å². The number of nitrogens with zero attached hydrogens (tertiary/aromatic N) is 5. The molecule has 0 bridgehead atoms. The van der Waals surface area contributed by atoms with Gasteiger partial charge in [-0.1, -0.05) is 36.8 Å². The zero-order chi connectivity index (χ0) is 19.8. The van der Waals surface area contributed by atoms with Crippen molar-refractivity contribution in [1.82, 2.24) is 20.0 Å². The van der Waals surface area contributed by atoms with Gasteiger partial charge < -0.3 is 15.5 Å². The van der Waals surface area contributed by atoms with Crippen molar-refractivity contribution < 1.29 is 9.59 Å². The first kappa shape index (κ1) is 19.6. The molecule has 0 aliphatic carbocycles. The molecule has 148 valence electrons. The zero-order valence-electron chi connectivity index (χ0n) is 16.4. The number of rotatable bonds is 5. The Kier molecular flexibility index (Phi) is 5.41. The Morgan fingerprint density at radius 1 is 1.26 bits per heavy atom. The van der Waals surface area contributed by atoms with Crippen LogP contribution in [0.25, 0.3) is 0 Å². The van der Waals surface area contributed by atoms with Crippen LogP contribution in [0.2, 0.25) is 0 Å². The summed E-state index contributed by atoms with van der Waals surface area (Å²) in [5.41, 5.74) is 6.04. The second kappa shape index (κ2) is 7.46. The molecule has 3 rings (SSSR count). The quantitative estimate of drug-likeness (QED) is 0.610. The highest BCUT2D eigenvalue weighted by molar-refractivity contribution is 7.18. The lowest BCUT2D eigenvalue weighted by molar-refractivity contribution is -0.134. The summed E-state index contributed by atoms with van der Waals surface area (Å²) >= 11 is 1.35. The average Bonchev–Trinajstić information content (AvgIpc) is 3.11. The number of allylic oxidation sites excluding steroid dienone is 1. The van der Waals surface area contributed by atoms with Crippen LogP contribution in [-0.4, -0.2) is 63.7 Å². The van der Waals surface area contributed by atoms with Gasteiger partial charge in [-0.05, 0) is 32.6 Å². The Balaban J connectivity index is 1.83. The summed E-state index contributed by atoms with van der Waals surface area (Å²) in [4.78, 5) is 31.7.